The molecule has 0 fully saturated rings. The highest BCUT2D eigenvalue weighted by Crippen LogP contribution is 2.37. The summed E-state index contributed by atoms with van der Waals surface area (Å²) in [5.41, 5.74) is 1.14. The van der Waals surface area contributed by atoms with Gasteiger partial charge in [0.05, 0.1) is 6.61 Å². The lowest BCUT2D eigenvalue weighted by molar-refractivity contribution is -0.172. The second-order valence-electron chi connectivity index (χ2n) is 5.27. The third kappa shape index (κ3) is 2.66. The van der Waals surface area contributed by atoms with Crippen LogP contribution in [0.5, 0.6) is 0 Å². The van der Waals surface area contributed by atoms with Crippen molar-refractivity contribution in [3.8, 4) is 0 Å². The van der Waals surface area contributed by atoms with Gasteiger partial charge in [-0.05, 0) is 37.3 Å². The molecule has 0 bridgehead atoms. The Morgan fingerprint density at radius 1 is 1.32 bits per heavy atom. The fraction of sp³-hybridized carbons (Fsp3) is 0.562. The Hall–Kier alpha value is -1.35. The number of hydrogen-bond donors (Lipinski definition) is 1. The van der Waals surface area contributed by atoms with Crippen LogP contribution in [0.15, 0.2) is 24.3 Å². The topological polar surface area (TPSA) is 46.5 Å². The average Bonchev–Trinajstić information content (AvgIpc) is 2.83. The number of esters is 1. The largest absolute Gasteiger partial charge is 0.464 e. The molecule has 0 aromatic heterocycles. The van der Waals surface area contributed by atoms with Crippen LogP contribution in [0.2, 0.25) is 0 Å². The van der Waals surface area contributed by atoms with Gasteiger partial charge in [0, 0.05) is 5.92 Å². The molecule has 2 rings (SSSR count). The van der Waals surface area contributed by atoms with Gasteiger partial charge < -0.3 is 9.84 Å². The standard InChI is InChI=1S/C16H22O3/c1-3-9-16(18,15(17)19-4-2)14-10-12-7-5-6-8-13(12)11-14/h5-8,14,18H,3-4,9-11H2,1-2H3. The molecule has 1 aliphatic carbocycles. The molecule has 0 aliphatic heterocycles. The minimum atomic E-state index is -1.34. The second-order valence-corrected chi connectivity index (χ2v) is 5.27. The maximum atomic E-state index is 12.1. The predicted molar refractivity (Wildman–Crippen MR) is 73.8 cm³/mol. The van der Waals surface area contributed by atoms with Crippen molar-refractivity contribution >= 4 is 5.97 Å². The van der Waals surface area contributed by atoms with Gasteiger partial charge in [-0.1, -0.05) is 37.6 Å². The molecule has 3 heteroatoms. The number of carbonyl (C=O) groups excluding carboxylic acids is 1. The maximum Gasteiger partial charge on any atom is 0.338 e. The van der Waals surface area contributed by atoms with E-state index in [9.17, 15) is 9.90 Å². The van der Waals surface area contributed by atoms with Crippen LogP contribution in [0, 0.1) is 5.92 Å². The SMILES string of the molecule is CCCC(O)(C(=O)OCC)C1Cc2ccccc2C1. The van der Waals surface area contributed by atoms with E-state index >= 15 is 0 Å². The monoisotopic (exact) mass is 262 g/mol. The van der Waals surface area contributed by atoms with Gasteiger partial charge in [-0.15, -0.1) is 0 Å². The van der Waals surface area contributed by atoms with Crippen LogP contribution in [0.3, 0.4) is 0 Å². The van der Waals surface area contributed by atoms with Crippen LogP contribution < -0.4 is 0 Å². The van der Waals surface area contributed by atoms with Crippen molar-refractivity contribution in [2.24, 2.45) is 5.92 Å². The van der Waals surface area contributed by atoms with Crippen molar-refractivity contribution in [3.63, 3.8) is 0 Å². The van der Waals surface area contributed by atoms with Gasteiger partial charge in [0.2, 0.25) is 0 Å². The van der Waals surface area contributed by atoms with Crippen molar-refractivity contribution in [3.05, 3.63) is 35.4 Å². The highest BCUT2D eigenvalue weighted by Gasteiger charge is 2.46. The number of fused-ring (bicyclic) bond motifs is 1. The molecular formula is C16H22O3. The fourth-order valence-corrected chi connectivity index (χ4v) is 3.01. The van der Waals surface area contributed by atoms with E-state index in [4.69, 9.17) is 4.74 Å². The van der Waals surface area contributed by atoms with Crippen molar-refractivity contribution in [1.29, 1.82) is 0 Å². The quantitative estimate of drug-likeness (QED) is 0.829. The first-order valence-electron chi connectivity index (χ1n) is 7.08. The number of aliphatic hydroxyl groups is 1. The molecule has 0 heterocycles. The van der Waals surface area contributed by atoms with Gasteiger partial charge >= 0.3 is 5.97 Å². The number of ether oxygens (including phenoxy) is 1. The minimum Gasteiger partial charge on any atom is -0.464 e. The summed E-state index contributed by atoms with van der Waals surface area (Å²) in [6.07, 6.45) is 2.74. The van der Waals surface area contributed by atoms with E-state index in [1.807, 2.05) is 19.1 Å². The van der Waals surface area contributed by atoms with Crippen LogP contribution in [0.25, 0.3) is 0 Å². The molecule has 1 aliphatic rings. The number of carbonyl (C=O) groups is 1. The van der Waals surface area contributed by atoms with E-state index in [0.717, 1.165) is 19.3 Å². The van der Waals surface area contributed by atoms with Gasteiger partial charge in [0.1, 0.15) is 0 Å². The van der Waals surface area contributed by atoms with E-state index in [0.29, 0.717) is 13.0 Å². The van der Waals surface area contributed by atoms with Crippen molar-refractivity contribution in [1.82, 2.24) is 0 Å². The van der Waals surface area contributed by atoms with Gasteiger partial charge in [-0.2, -0.15) is 0 Å². The third-order valence-corrected chi connectivity index (χ3v) is 3.99. The summed E-state index contributed by atoms with van der Waals surface area (Å²) in [5, 5.41) is 10.8. The van der Waals surface area contributed by atoms with E-state index in [2.05, 4.69) is 12.1 Å². The van der Waals surface area contributed by atoms with Crippen molar-refractivity contribution < 1.29 is 14.6 Å². The Bertz CT molecular complexity index is 430. The van der Waals surface area contributed by atoms with E-state index < -0.39 is 11.6 Å². The summed E-state index contributed by atoms with van der Waals surface area (Å²) in [6, 6.07) is 8.16. The molecule has 1 aromatic rings. The van der Waals surface area contributed by atoms with Gasteiger partial charge in [-0.3, -0.25) is 0 Å². The predicted octanol–water partition coefficient (Wildman–Crippen LogP) is 2.50. The molecule has 0 amide bonds. The Morgan fingerprint density at radius 2 is 1.89 bits per heavy atom. The second kappa shape index (κ2) is 5.74. The molecule has 0 radical (unpaired) electrons. The summed E-state index contributed by atoms with van der Waals surface area (Å²) >= 11 is 0. The molecule has 0 saturated heterocycles. The van der Waals surface area contributed by atoms with E-state index in [1.54, 1.807) is 6.92 Å². The lowest BCUT2D eigenvalue weighted by Gasteiger charge is -2.31. The molecule has 19 heavy (non-hydrogen) atoms. The van der Waals surface area contributed by atoms with Gasteiger partial charge in [0.15, 0.2) is 5.60 Å². The molecule has 1 N–H and O–H groups in total. The molecule has 0 spiro atoms. The van der Waals surface area contributed by atoms with Crippen molar-refractivity contribution in [2.45, 2.75) is 45.1 Å². The summed E-state index contributed by atoms with van der Waals surface area (Å²) in [4.78, 5) is 12.1. The molecule has 1 unspecified atom stereocenters. The Kier molecular flexibility index (Phi) is 4.25. The highest BCUT2D eigenvalue weighted by molar-refractivity contribution is 5.80. The Balaban J connectivity index is 2.20. The van der Waals surface area contributed by atoms with Crippen molar-refractivity contribution in [2.75, 3.05) is 6.61 Å². The van der Waals surface area contributed by atoms with Crippen LogP contribution in [0.1, 0.15) is 37.8 Å². The number of rotatable bonds is 5. The van der Waals surface area contributed by atoms with Gasteiger partial charge in [-0.25, -0.2) is 4.79 Å². The smallest absolute Gasteiger partial charge is 0.338 e. The Labute approximate surface area is 114 Å². The van der Waals surface area contributed by atoms with Gasteiger partial charge in [0.25, 0.3) is 0 Å². The zero-order valence-electron chi connectivity index (χ0n) is 11.7. The lowest BCUT2D eigenvalue weighted by atomic mass is 9.81. The normalized spacial score (nSPS) is 17.8. The average molecular weight is 262 g/mol. The molecule has 3 nitrogen and oxygen atoms in total. The molecular weight excluding hydrogens is 240 g/mol. The Morgan fingerprint density at radius 3 is 2.37 bits per heavy atom. The first-order chi connectivity index (χ1) is 9.11. The number of benzene rings is 1. The van der Waals surface area contributed by atoms with Crippen LogP contribution in [0.4, 0.5) is 0 Å². The summed E-state index contributed by atoms with van der Waals surface area (Å²) < 4.78 is 5.08. The lowest BCUT2D eigenvalue weighted by Crippen LogP contribution is -2.47. The fourth-order valence-electron chi connectivity index (χ4n) is 3.01. The molecule has 1 aromatic carbocycles. The zero-order chi connectivity index (χ0) is 13.9. The summed E-state index contributed by atoms with van der Waals surface area (Å²) in [6.45, 7) is 4.06. The third-order valence-electron chi connectivity index (χ3n) is 3.99. The van der Waals surface area contributed by atoms with Crippen LogP contribution >= 0.6 is 0 Å². The highest BCUT2D eigenvalue weighted by atomic mass is 16.5. The molecule has 1 atom stereocenters. The molecule has 0 saturated carbocycles. The van der Waals surface area contributed by atoms with Crippen LogP contribution in [-0.4, -0.2) is 23.3 Å². The first-order valence-corrected chi connectivity index (χ1v) is 7.08. The van der Waals surface area contributed by atoms with E-state index in [-0.39, 0.29) is 5.92 Å². The summed E-state index contributed by atoms with van der Waals surface area (Å²) in [7, 11) is 0. The molecule has 104 valence electrons. The zero-order valence-corrected chi connectivity index (χ0v) is 11.7. The maximum absolute atomic E-state index is 12.1. The minimum absolute atomic E-state index is 0.0658. The number of hydrogen-bond acceptors (Lipinski definition) is 3. The summed E-state index contributed by atoms with van der Waals surface area (Å²) in [5.74, 6) is -0.529. The van der Waals surface area contributed by atoms with Crippen LogP contribution in [-0.2, 0) is 22.4 Å². The van der Waals surface area contributed by atoms with E-state index in [1.165, 1.54) is 11.1 Å². The first kappa shape index (κ1) is 14.1.